The molecule has 5 nitrogen and oxygen atoms in total. The molecule has 1 fully saturated rings. The number of amides is 1. The Morgan fingerprint density at radius 1 is 1.19 bits per heavy atom. The number of fused-ring (bicyclic) bond motifs is 1. The summed E-state index contributed by atoms with van der Waals surface area (Å²) in [5, 5.41) is 11.5. The minimum Gasteiger partial charge on any atom is -0.495 e. The van der Waals surface area contributed by atoms with Crippen LogP contribution in [-0.4, -0.2) is 43.0 Å². The highest BCUT2D eigenvalue weighted by molar-refractivity contribution is 5.91. The zero-order chi connectivity index (χ0) is 22.7. The summed E-state index contributed by atoms with van der Waals surface area (Å²) in [4.78, 5) is 17.5. The Hall–Kier alpha value is -3.43. The van der Waals surface area contributed by atoms with Gasteiger partial charge in [0.2, 0.25) is 5.91 Å². The molecule has 1 atom stereocenters. The van der Waals surface area contributed by atoms with Crippen LogP contribution in [0.5, 0.6) is 5.75 Å². The van der Waals surface area contributed by atoms with E-state index in [-0.39, 0.29) is 11.7 Å². The van der Waals surface area contributed by atoms with Gasteiger partial charge in [0.1, 0.15) is 23.7 Å². The number of methoxy groups -OCH3 is 1. The fourth-order valence-electron chi connectivity index (χ4n) is 4.56. The molecule has 1 heterocycles. The first-order valence-corrected chi connectivity index (χ1v) is 10.8. The second-order valence-corrected chi connectivity index (χ2v) is 8.16. The largest absolute Gasteiger partial charge is 0.495 e. The molecular formula is C26H26FN3O2. The van der Waals surface area contributed by atoms with E-state index < -0.39 is 6.04 Å². The van der Waals surface area contributed by atoms with Crippen LogP contribution >= 0.6 is 0 Å². The van der Waals surface area contributed by atoms with Crippen molar-refractivity contribution in [3.63, 3.8) is 0 Å². The fourth-order valence-corrected chi connectivity index (χ4v) is 4.56. The van der Waals surface area contributed by atoms with E-state index in [0.717, 1.165) is 47.8 Å². The van der Waals surface area contributed by atoms with Gasteiger partial charge < -0.3 is 9.64 Å². The summed E-state index contributed by atoms with van der Waals surface area (Å²) in [6.45, 7) is 1.96. The number of hydrogen-bond donors (Lipinski definition) is 0. The van der Waals surface area contributed by atoms with Crippen molar-refractivity contribution in [3.05, 3.63) is 77.1 Å². The Kier molecular flexibility index (Phi) is 6.38. The average molecular weight is 432 g/mol. The van der Waals surface area contributed by atoms with Crippen LogP contribution in [0.3, 0.4) is 0 Å². The quantitative estimate of drug-likeness (QED) is 0.570. The van der Waals surface area contributed by atoms with Gasteiger partial charge >= 0.3 is 0 Å². The number of nitriles is 1. The van der Waals surface area contributed by atoms with E-state index in [4.69, 9.17) is 4.74 Å². The third-order valence-corrected chi connectivity index (χ3v) is 6.13. The van der Waals surface area contributed by atoms with E-state index in [1.807, 2.05) is 30.3 Å². The van der Waals surface area contributed by atoms with Gasteiger partial charge in [0.05, 0.1) is 12.7 Å². The van der Waals surface area contributed by atoms with E-state index in [1.165, 1.54) is 12.1 Å². The van der Waals surface area contributed by atoms with E-state index in [1.54, 1.807) is 31.2 Å². The van der Waals surface area contributed by atoms with Gasteiger partial charge in [0.25, 0.3) is 0 Å². The maximum Gasteiger partial charge on any atom is 0.244 e. The lowest BCUT2D eigenvalue weighted by Crippen LogP contribution is -2.40. The minimum absolute atomic E-state index is 0.0630. The number of carbonyl (C=O) groups is 1. The Morgan fingerprint density at radius 3 is 2.53 bits per heavy atom. The van der Waals surface area contributed by atoms with Gasteiger partial charge in [-0.15, -0.1) is 0 Å². The average Bonchev–Trinajstić information content (AvgIpc) is 3.34. The van der Waals surface area contributed by atoms with Crippen LogP contribution in [0.2, 0.25) is 0 Å². The van der Waals surface area contributed by atoms with Crippen molar-refractivity contribution in [1.29, 1.82) is 5.26 Å². The number of benzene rings is 3. The van der Waals surface area contributed by atoms with Crippen LogP contribution in [0, 0.1) is 17.1 Å². The van der Waals surface area contributed by atoms with Gasteiger partial charge in [0.15, 0.2) is 0 Å². The standard InChI is InChI=1S/C26H26FN3O2/c1-29(17-23-22-8-4-3-7-19(22)15-20(16-28)25(23)32-2)26(31)24(30-13-5-6-14-30)18-9-11-21(27)12-10-18/h3-4,7-12,15,24H,5-6,13-14,17H2,1-2H3/t24-/m1/s1. The Bertz CT molecular complexity index is 1160. The van der Waals surface area contributed by atoms with Crippen LogP contribution in [0.15, 0.2) is 54.6 Å². The zero-order valence-electron chi connectivity index (χ0n) is 18.3. The molecule has 0 radical (unpaired) electrons. The van der Waals surface area contributed by atoms with Crippen LogP contribution in [0.1, 0.15) is 35.6 Å². The van der Waals surface area contributed by atoms with Crippen molar-refractivity contribution in [1.82, 2.24) is 9.80 Å². The molecule has 1 amide bonds. The topological polar surface area (TPSA) is 56.6 Å². The first-order chi connectivity index (χ1) is 15.5. The Labute approximate surface area is 187 Å². The lowest BCUT2D eigenvalue weighted by atomic mass is 9.98. The van der Waals surface area contributed by atoms with E-state index in [2.05, 4.69) is 11.0 Å². The Balaban J connectivity index is 1.71. The first-order valence-electron chi connectivity index (χ1n) is 10.8. The SMILES string of the molecule is COc1c(C#N)cc2ccccc2c1CN(C)C(=O)[C@@H](c1ccc(F)cc1)N1CCCC1. The number of likely N-dealkylation sites (tertiary alicyclic amines) is 1. The molecule has 164 valence electrons. The van der Waals surface area contributed by atoms with Gasteiger partial charge in [-0.3, -0.25) is 9.69 Å². The summed E-state index contributed by atoms with van der Waals surface area (Å²) in [7, 11) is 3.31. The molecule has 0 N–H and O–H groups in total. The summed E-state index contributed by atoms with van der Waals surface area (Å²) >= 11 is 0. The van der Waals surface area contributed by atoms with Crippen molar-refractivity contribution in [2.24, 2.45) is 0 Å². The number of halogens is 1. The van der Waals surface area contributed by atoms with Crippen LogP contribution in [-0.2, 0) is 11.3 Å². The van der Waals surface area contributed by atoms with Crippen LogP contribution in [0.25, 0.3) is 10.8 Å². The summed E-state index contributed by atoms with van der Waals surface area (Å²) in [5.74, 6) is 0.108. The van der Waals surface area contributed by atoms with Crippen molar-refractivity contribution in [2.45, 2.75) is 25.4 Å². The molecular weight excluding hydrogens is 405 g/mol. The third-order valence-electron chi connectivity index (χ3n) is 6.13. The molecule has 0 unspecified atom stereocenters. The molecule has 32 heavy (non-hydrogen) atoms. The van der Waals surface area contributed by atoms with Crippen molar-refractivity contribution < 1.29 is 13.9 Å². The predicted molar refractivity (Wildman–Crippen MR) is 122 cm³/mol. The molecule has 0 bridgehead atoms. The predicted octanol–water partition coefficient (Wildman–Crippen LogP) is 4.65. The molecule has 1 aliphatic rings. The molecule has 0 saturated carbocycles. The van der Waals surface area contributed by atoms with Crippen molar-refractivity contribution in [2.75, 3.05) is 27.2 Å². The molecule has 4 rings (SSSR count). The number of nitrogens with zero attached hydrogens (tertiary/aromatic N) is 3. The maximum absolute atomic E-state index is 13.7. The monoisotopic (exact) mass is 431 g/mol. The second kappa shape index (κ2) is 9.37. The lowest BCUT2D eigenvalue weighted by Gasteiger charge is -2.31. The van der Waals surface area contributed by atoms with Crippen molar-refractivity contribution in [3.8, 4) is 11.8 Å². The van der Waals surface area contributed by atoms with Crippen LogP contribution in [0.4, 0.5) is 4.39 Å². The lowest BCUT2D eigenvalue weighted by molar-refractivity contribution is -0.136. The third kappa shape index (κ3) is 4.17. The summed E-state index contributed by atoms with van der Waals surface area (Å²) in [6.07, 6.45) is 2.08. The van der Waals surface area contributed by atoms with Crippen molar-refractivity contribution >= 4 is 16.7 Å². The minimum atomic E-state index is -0.473. The smallest absolute Gasteiger partial charge is 0.244 e. The van der Waals surface area contributed by atoms with Crippen LogP contribution < -0.4 is 4.74 Å². The maximum atomic E-state index is 13.7. The molecule has 6 heteroatoms. The number of hydrogen-bond acceptors (Lipinski definition) is 4. The summed E-state index contributed by atoms with van der Waals surface area (Å²) < 4.78 is 19.1. The van der Waals surface area contributed by atoms with Gasteiger partial charge in [-0.2, -0.15) is 5.26 Å². The summed E-state index contributed by atoms with van der Waals surface area (Å²) in [6, 6.07) is 17.5. The highest BCUT2D eigenvalue weighted by Crippen LogP contribution is 2.34. The molecule has 0 aliphatic carbocycles. The first kappa shape index (κ1) is 21.8. The molecule has 3 aromatic carbocycles. The van der Waals surface area contributed by atoms with Gasteiger partial charge in [-0.1, -0.05) is 36.4 Å². The normalized spacial score (nSPS) is 14.8. The number of carbonyl (C=O) groups excluding carboxylic acids is 1. The number of ether oxygens (including phenoxy) is 1. The van der Waals surface area contributed by atoms with Gasteiger partial charge in [-0.25, -0.2) is 4.39 Å². The van der Waals surface area contributed by atoms with E-state index in [0.29, 0.717) is 17.9 Å². The molecule has 1 aliphatic heterocycles. The summed E-state index contributed by atoms with van der Waals surface area (Å²) in [5.41, 5.74) is 2.03. The van der Waals surface area contributed by atoms with E-state index >= 15 is 0 Å². The highest BCUT2D eigenvalue weighted by atomic mass is 19.1. The molecule has 1 saturated heterocycles. The number of likely N-dealkylation sites (N-methyl/N-ethyl adjacent to an activating group) is 1. The second-order valence-electron chi connectivity index (χ2n) is 8.16. The van der Waals surface area contributed by atoms with E-state index in [9.17, 15) is 14.4 Å². The number of rotatable bonds is 6. The molecule has 0 aromatic heterocycles. The Morgan fingerprint density at radius 2 is 1.88 bits per heavy atom. The molecule has 0 spiro atoms. The molecule has 3 aromatic rings. The van der Waals surface area contributed by atoms with Gasteiger partial charge in [0, 0.05) is 19.2 Å². The van der Waals surface area contributed by atoms with Gasteiger partial charge in [-0.05, 0) is 60.5 Å². The fraction of sp³-hybridized carbons (Fsp3) is 0.308. The zero-order valence-corrected chi connectivity index (χ0v) is 18.3. The highest BCUT2D eigenvalue weighted by Gasteiger charge is 2.32.